The lowest BCUT2D eigenvalue weighted by Crippen LogP contribution is -2.07. The van der Waals surface area contributed by atoms with E-state index in [1.165, 1.54) is 0 Å². The topological polar surface area (TPSA) is 38.7 Å². The van der Waals surface area contributed by atoms with Gasteiger partial charge in [-0.15, -0.1) is 0 Å². The van der Waals surface area contributed by atoms with Gasteiger partial charge in [0.25, 0.3) is 0 Å². The number of hydrogen-bond acceptors (Lipinski definition) is 3. The van der Waals surface area contributed by atoms with Crippen LogP contribution in [0.25, 0.3) is 0 Å². The van der Waals surface area contributed by atoms with Gasteiger partial charge in [0.2, 0.25) is 0 Å². The van der Waals surface area contributed by atoms with Crippen LogP contribution in [-0.4, -0.2) is 24.9 Å². The molecule has 0 unspecified atom stereocenters. The monoisotopic (exact) mass is 282 g/mol. The van der Waals surface area contributed by atoms with Crippen LogP contribution in [0, 0.1) is 11.8 Å². The van der Waals surface area contributed by atoms with Crippen molar-refractivity contribution >= 4 is 0 Å². The second-order valence-corrected chi connectivity index (χ2v) is 4.33. The zero-order chi connectivity index (χ0) is 14.8. The van der Waals surface area contributed by atoms with Gasteiger partial charge in [0, 0.05) is 5.56 Å². The molecule has 0 spiro atoms. The maximum Gasteiger partial charge on any atom is 0.119 e. The summed E-state index contributed by atoms with van der Waals surface area (Å²) in [7, 11) is 0. The molecule has 0 fully saturated rings. The lowest BCUT2D eigenvalue weighted by Gasteiger charge is -2.08. The first-order chi connectivity index (χ1) is 10.4. The van der Waals surface area contributed by atoms with Crippen molar-refractivity contribution in [2.24, 2.45) is 0 Å². The molecule has 0 aliphatic rings. The van der Waals surface area contributed by atoms with E-state index in [1.807, 2.05) is 54.6 Å². The van der Waals surface area contributed by atoms with Gasteiger partial charge in [0.05, 0.1) is 13.2 Å². The van der Waals surface area contributed by atoms with Gasteiger partial charge in [0.15, 0.2) is 0 Å². The van der Waals surface area contributed by atoms with Crippen LogP contribution in [0.4, 0.5) is 0 Å². The Bertz CT molecular complexity index is 597. The van der Waals surface area contributed by atoms with Crippen molar-refractivity contribution in [3.8, 4) is 17.6 Å². The summed E-state index contributed by atoms with van der Waals surface area (Å²) in [6.07, 6.45) is 0. The Morgan fingerprint density at radius 2 is 1.67 bits per heavy atom. The summed E-state index contributed by atoms with van der Waals surface area (Å²) in [5, 5.41) is 8.75. The zero-order valence-electron chi connectivity index (χ0n) is 11.8. The van der Waals surface area contributed by atoms with Crippen molar-refractivity contribution in [1.82, 2.24) is 0 Å². The molecule has 108 valence electrons. The van der Waals surface area contributed by atoms with Crippen LogP contribution >= 0.6 is 0 Å². The van der Waals surface area contributed by atoms with Crippen LogP contribution in [0.2, 0.25) is 0 Å². The van der Waals surface area contributed by atoms with Crippen LogP contribution in [-0.2, 0) is 11.3 Å². The molecule has 2 rings (SSSR count). The van der Waals surface area contributed by atoms with E-state index >= 15 is 0 Å². The Hall–Kier alpha value is -2.28. The third-order valence-corrected chi connectivity index (χ3v) is 2.82. The van der Waals surface area contributed by atoms with Crippen molar-refractivity contribution in [2.75, 3.05) is 19.8 Å². The van der Waals surface area contributed by atoms with Crippen molar-refractivity contribution in [3.63, 3.8) is 0 Å². The molecule has 21 heavy (non-hydrogen) atoms. The molecule has 1 N–H and O–H groups in total. The Labute approximate surface area is 125 Å². The van der Waals surface area contributed by atoms with Crippen molar-refractivity contribution in [3.05, 3.63) is 65.7 Å². The minimum atomic E-state index is -0.139. The van der Waals surface area contributed by atoms with E-state index in [1.54, 1.807) is 0 Å². The van der Waals surface area contributed by atoms with E-state index in [0.29, 0.717) is 19.8 Å². The molecule has 0 aliphatic carbocycles. The van der Waals surface area contributed by atoms with Crippen molar-refractivity contribution < 1.29 is 14.6 Å². The highest BCUT2D eigenvalue weighted by Crippen LogP contribution is 2.10. The van der Waals surface area contributed by atoms with Gasteiger partial charge in [0.1, 0.15) is 19.0 Å². The summed E-state index contributed by atoms with van der Waals surface area (Å²) < 4.78 is 11.2. The third-order valence-electron chi connectivity index (χ3n) is 2.82. The standard InChI is InChI=1S/C18H18O3/c19-12-6-9-16-7-4-5-8-17(16)15-20-13-14-21-18-10-2-1-3-11-18/h1-5,7-8,10-11,19H,12-15H2. The van der Waals surface area contributed by atoms with E-state index in [4.69, 9.17) is 14.6 Å². The second-order valence-electron chi connectivity index (χ2n) is 4.33. The molecule has 3 heteroatoms. The number of rotatable bonds is 6. The molecule has 0 bridgehead atoms. The molecule has 0 aromatic heterocycles. The third kappa shape index (κ3) is 5.31. The minimum Gasteiger partial charge on any atom is -0.491 e. The number of para-hydroxylation sites is 1. The van der Waals surface area contributed by atoms with E-state index in [9.17, 15) is 0 Å². The summed E-state index contributed by atoms with van der Waals surface area (Å²) in [5.41, 5.74) is 1.90. The van der Waals surface area contributed by atoms with Crippen LogP contribution in [0.1, 0.15) is 11.1 Å². The van der Waals surface area contributed by atoms with Crippen LogP contribution in [0.3, 0.4) is 0 Å². The molecular weight excluding hydrogens is 264 g/mol. The maximum absolute atomic E-state index is 8.75. The molecule has 3 nitrogen and oxygen atoms in total. The Morgan fingerprint density at radius 3 is 2.48 bits per heavy atom. The summed E-state index contributed by atoms with van der Waals surface area (Å²) in [4.78, 5) is 0. The Balaban J connectivity index is 1.76. The molecular formula is C18H18O3. The number of aliphatic hydroxyl groups is 1. The molecule has 2 aromatic rings. The molecule has 2 aromatic carbocycles. The van der Waals surface area contributed by atoms with E-state index < -0.39 is 0 Å². The van der Waals surface area contributed by atoms with E-state index in [0.717, 1.165) is 16.9 Å². The SMILES string of the molecule is OCC#Cc1ccccc1COCCOc1ccccc1. The largest absolute Gasteiger partial charge is 0.491 e. The van der Waals surface area contributed by atoms with Crippen LogP contribution < -0.4 is 4.74 Å². The van der Waals surface area contributed by atoms with Crippen LogP contribution in [0.15, 0.2) is 54.6 Å². The Kier molecular flexibility index (Phi) is 6.34. The quantitative estimate of drug-likeness (QED) is 0.654. The number of aliphatic hydroxyl groups excluding tert-OH is 1. The summed E-state index contributed by atoms with van der Waals surface area (Å²) in [6, 6.07) is 17.4. The van der Waals surface area contributed by atoms with Gasteiger partial charge in [-0.1, -0.05) is 48.2 Å². The molecule has 0 saturated carbocycles. The van der Waals surface area contributed by atoms with Gasteiger partial charge >= 0.3 is 0 Å². The highest BCUT2D eigenvalue weighted by atomic mass is 16.5. The Morgan fingerprint density at radius 1 is 0.905 bits per heavy atom. The second kappa shape index (κ2) is 8.80. The lowest BCUT2D eigenvalue weighted by molar-refractivity contribution is 0.0888. The van der Waals surface area contributed by atoms with Gasteiger partial charge in [-0.25, -0.2) is 0 Å². The first-order valence-corrected chi connectivity index (χ1v) is 6.83. The average Bonchev–Trinajstić information content (AvgIpc) is 2.54. The van der Waals surface area contributed by atoms with Crippen molar-refractivity contribution in [1.29, 1.82) is 0 Å². The fourth-order valence-electron chi connectivity index (χ4n) is 1.82. The predicted octanol–water partition coefficient (Wildman–Crippen LogP) is 2.63. The fraction of sp³-hybridized carbons (Fsp3) is 0.222. The summed E-state index contributed by atoms with van der Waals surface area (Å²) in [6.45, 7) is 1.36. The van der Waals surface area contributed by atoms with Crippen molar-refractivity contribution in [2.45, 2.75) is 6.61 Å². The highest BCUT2D eigenvalue weighted by molar-refractivity contribution is 5.40. The van der Waals surface area contributed by atoms with Gasteiger partial charge in [-0.05, 0) is 23.8 Å². The minimum absolute atomic E-state index is 0.139. The number of ether oxygens (including phenoxy) is 2. The van der Waals surface area contributed by atoms with E-state index in [2.05, 4.69) is 11.8 Å². The van der Waals surface area contributed by atoms with Crippen LogP contribution in [0.5, 0.6) is 5.75 Å². The lowest BCUT2D eigenvalue weighted by atomic mass is 10.1. The zero-order valence-corrected chi connectivity index (χ0v) is 11.8. The van der Waals surface area contributed by atoms with Gasteiger partial charge in [-0.3, -0.25) is 0 Å². The summed E-state index contributed by atoms with van der Waals surface area (Å²) >= 11 is 0. The first kappa shape index (κ1) is 15.1. The molecule has 0 radical (unpaired) electrons. The molecule has 0 aliphatic heterocycles. The predicted molar refractivity (Wildman–Crippen MR) is 82.0 cm³/mol. The van der Waals surface area contributed by atoms with E-state index in [-0.39, 0.29) is 6.61 Å². The van der Waals surface area contributed by atoms with Gasteiger partial charge in [-0.2, -0.15) is 0 Å². The molecule has 0 saturated heterocycles. The summed E-state index contributed by atoms with van der Waals surface area (Å²) in [5.74, 6) is 6.41. The molecule has 0 amide bonds. The molecule has 0 heterocycles. The normalized spacial score (nSPS) is 9.76. The number of benzene rings is 2. The highest BCUT2D eigenvalue weighted by Gasteiger charge is 1.99. The maximum atomic E-state index is 8.75. The first-order valence-electron chi connectivity index (χ1n) is 6.83. The fourth-order valence-corrected chi connectivity index (χ4v) is 1.82. The smallest absolute Gasteiger partial charge is 0.119 e. The average molecular weight is 282 g/mol. The molecule has 0 atom stereocenters. The number of hydrogen-bond donors (Lipinski definition) is 1. The van der Waals surface area contributed by atoms with Gasteiger partial charge < -0.3 is 14.6 Å².